The second-order valence-electron chi connectivity index (χ2n) is 7.33. The van der Waals surface area contributed by atoms with Crippen molar-refractivity contribution < 1.29 is 4.52 Å². The quantitative estimate of drug-likeness (QED) is 0.494. The van der Waals surface area contributed by atoms with E-state index < -0.39 is 0 Å². The molecular weight excluding hydrogens is 364 g/mol. The summed E-state index contributed by atoms with van der Waals surface area (Å²) in [4.78, 5) is 8.61. The van der Waals surface area contributed by atoms with Crippen molar-refractivity contribution in [2.24, 2.45) is 5.92 Å². The van der Waals surface area contributed by atoms with Gasteiger partial charge in [-0.15, -0.1) is 0 Å². The van der Waals surface area contributed by atoms with E-state index in [0.717, 1.165) is 17.7 Å². The fourth-order valence-corrected chi connectivity index (χ4v) is 3.17. The SMILES string of the molecule is CC(C)[C@H](NCc1cnn(Cc2ccccc2)c1)c1nc(-c2ccncc2)no1. The van der Waals surface area contributed by atoms with Crippen molar-refractivity contribution in [3.63, 3.8) is 0 Å². The first kappa shape index (κ1) is 19.0. The lowest BCUT2D eigenvalue weighted by atomic mass is 10.0. The average Bonchev–Trinajstić information content (AvgIpc) is 3.40. The first-order chi connectivity index (χ1) is 14.2. The van der Waals surface area contributed by atoms with Gasteiger partial charge in [0.1, 0.15) is 0 Å². The molecule has 0 radical (unpaired) electrons. The topological polar surface area (TPSA) is 81.7 Å². The van der Waals surface area contributed by atoms with Gasteiger partial charge in [-0.1, -0.05) is 49.3 Å². The zero-order chi connectivity index (χ0) is 20.1. The van der Waals surface area contributed by atoms with Crippen molar-refractivity contribution in [1.29, 1.82) is 0 Å². The largest absolute Gasteiger partial charge is 0.337 e. The van der Waals surface area contributed by atoms with E-state index in [1.807, 2.05) is 41.2 Å². The Labute approximate surface area is 169 Å². The van der Waals surface area contributed by atoms with Crippen molar-refractivity contribution >= 4 is 0 Å². The van der Waals surface area contributed by atoms with Crippen LogP contribution < -0.4 is 5.32 Å². The Bertz CT molecular complexity index is 1030. The molecule has 3 aromatic heterocycles. The Balaban J connectivity index is 1.41. The molecular formula is C22H24N6O. The average molecular weight is 388 g/mol. The molecule has 0 aliphatic carbocycles. The number of hydrogen-bond acceptors (Lipinski definition) is 6. The van der Waals surface area contributed by atoms with Crippen molar-refractivity contribution in [1.82, 2.24) is 30.2 Å². The van der Waals surface area contributed by atoms with Gasteiger partial charge in [0, 0.05) is 36.3 Å². The van der Waals surface area contributed by atoms with Crippen LogP contribution >= 0.6 is 0 Å². The fourth-order valence-electron chi connectivity index (χ4n) is 3.17. The highest BCUT2D eigenvalue weighted by atomic mass is 16.5. The molecule has 0 saturated carbocycles. The summed E-state index contributed by atoms with van der Waals surface area (Å²) in [6.45, 7) is 5.69. The van der Waals surface area contributed by atoms with Gasteiger partial charge in [0.05, 0.1) is 18.8 Å². The summed E-state index contributed by atoms with van der Waals surface area (Å²) in [6, 6.07) is 14.0. The molecule has 0 amide bonds. The zero-order valence-corrected chi connectivity index (χ0v) is 16.6. The molecule has 1 atom stereocenters. The molecule has 1 aromatic carbocycles. The van der Waals surface area contributed by atoms with E-state index in [-0.39, 0.29) is 6.04 Å². The number of benzene rings is 1. The summed E-state index contributed by atoms with van der Waals surface area (Å²) in [7, 11) is 0. The highest BCUT2D eigenvalue weighted by Gasteiger charge is 2.22. The maximum Gasteiger partial charge on any atom is 0.244 e. The van der Waals surface area contributed by atoms with Gasteiger partial charge in [-0.05, 0) is 23.6 Å². The van der Waals surface area contributed by atoms with Crippen molar-refractivity contribution in [2.75, 3.05) is 0 Å². The third kappa shape index (κ3) is 4.75. The summed E-state index contributed by atoms with van der Waals surface area (Å²) in [5, 5.41) is 12.1. The lowest BCUT2D eigenvalue weighted by Gasteiger charge is -2.17. The highest BCUT2D eigenvalue weighted by molar-refractivity contribution is 5.52. The van der Waals surface area contributed by atoms with E-state index in [1.165, 1.54) is 5.56 Å². The van der Waals surface area contributed by atoms with E-state index in [0.29, 0.717) is 24.2 Å². The van der Waals surface area contributed by atoms with Crippen LogP contribution in [-0.4, -0.2) is 24.9 Å². The van der Waals surface area contributed by atoms with Gasteiger partial charge in [0.2, 0.25) is 11.7 Å². The van der Waals surface area contributed by atoms with Gasteiger partial charge in [-0.3, -0.25) is 9.67 Å². The van der Waals surface area contributed by atoms with E-state index in [9.17, 15) is 0 Å². The van der Waals surface area contributed by atoms with Crippen LogP contribution in [0.1, 0.15) is 36.9 Å². The number of nitrogens with one attached hydrogen (secondary N) is 1. The second-order valence-corrected chi connectivity index (χ2v) is 7.33. The lowest BCUT2D eigenvalue weighted by molar-refractivity contribution is 0.288. The highest BCUT2D eigenvalue weighted by Crippen LogP contribution is 2.23. The third-order valence-corrected chi connectivity index (χ3v) is 4.71. The molecule has 0 fully saturated rings. The van der Waals surface area contributed by atoms with Gasteiger partial charge in [-0.2, -0.15) is 10.1 Å². The monoisotopic (exact) mass is 388 g/mol. The van der Waals surface area contributed by atoms with Gasteiger partial charge < -0.3 is 9.84 Å². The molecule has 4 aromatic rings. The minimum atomic E-state index is -0.0458. The van der Waals surface area contributed by atoms with Crippen LogP contribution in [0.3, 0.4) is 0 Å². The lowest BCUT2D eigenvalue weighted by Crippen LogP contribution is -2.25. The second kappa shape index (κ2) is 8.79. The number of aromatic nitrogens is 5. The molecule has 0 aliphatic heterocycles. The molecule has 1 N–H and O–H groups in total. The Morgan fingerprint density at radius 1 is 1.03 bits per heavy atom. The molecule has 0 aliphatic rings. The van der Waals surface area contributed by atoms with Crippen LogP contribution in [0.15, 0.2) is 71.8 Å². The van der Waals surface area contributed by atoms with E-state index >= 15 is 0 Å². The molecule has 0 bridgehead atoms. The van der Waals surface area contributed by atoms with Crippen LogP contribution in [0.25, 0.3) is 11.4 Å². The molecule has 3 heterocycles. The van der Waals surface area contributed by atoms with Gasteiger partial charge in [0.15, 0.2) is 0 Å². The molecule has 7 heteroatoms. The van der Waals surface area contributed by atoms with E-state index in [2.05, 4.69) is 57.7 Å². The summed E-state index contributed by atoms with van der Waals surface area (Å²) >= 11 is 0. The number of hydrogen-bond donors (Lipinski definition) is 1. The Morgan fingerprint density at radius 3 is 2.59 bits per heavy atom. The standard InChI is InChI=1S/C22H24N6O/c1-16(2)20(22-26-21(27-29-22)19-8-10-23-11-9-19)24-12-18-13-25-28(15-18)14-17-6-4-3-5-7-17/h3-11,13,15-16,20,24H,12,14H2,1-2H3/t20-/m0/s1. The number of rotatable bonds is 8. The Morgan fingerprint density at radius 2 is 1.83 bits per heavy atom. The van der Waals surface area contributed by atoms with Crippen LogP contribution in [0.5, 0.6) is 0 Å². The molecule has 7 nitrogen and oxygen atoms in total. The molecule has 0 spiro atoms. The Kier molecular flexibility index (Phi) is 5.76. The van der Waals surface area contributed by atoms with Crippen LogP contribution in [0, 0.1) is 5.92 Å². The van der Waals surface area contributed by atoms with Gasteiger partial charge >= 0.3 is 0 Å². The zero-order valence-electron chi connectivity index (χ0n) is 16.6. The Hall–Kier alpha value is -3.32. The summed E-state index contributed by atoms with van der Waals surface area (Å²) in [6.07, 6.45) is 7.39. The molecule has 29 heavy (non-hydrogen) atoms. The molecule has 148 valence electrons. The normalized spacial score (nSPS) is 12.4. The van der Waals surface area contributed by atoms with E-state index in [4.69, 9.17) is 4.52 Å². The molecule has 0 saturated heterocycles. The number of pyridine rings is 1. The first-order valence-corrected chi connectivity index (χ1v) is 9.71. The molecule has 0 unspecified atom stereocenters. The van der Waals surface area contributed by atoms with Gasteiger partial charge in [0.25, 0.3) is 0 Å². The minimum Gasteiger partial charge on any atom is -0.337 e. The van der Waals surface area contributed by atoms with Crippen molar-refractivity contribution in [2.45, 2.75) is 33.0 Å². The predicted molar refractivity (Wildman–Crippen MR) is 110 cm³/mol. The van der Waals surface area contributed by atoms with Crippen LogP contribution in [0.2, 0.25) is 0 Å². The summed E-state index contributed by atoms with van der Waals surface area (Å²) < 4.78 is 7.50. The predicted octanol–water partition coefficient (Wildman–Crippen LogP) is 3.86. The van der Waals surface area contributed by atoms with Crippen molar-refractivity contribution in [3.05, 3.63) is 84.3 Å². The van der Waals surface area contributed by atoms with Crippen LogP contribution in [0.4, 0.5) is 0 Å². The summed E-state index contributed by atoms with van der Waals surface area (Å²) in [5.41, 5.74) is 3.23. The van der Waals surface area contributed by atoms with Crippen LogP contribution in [-0.2, 0) is 13.1 Å². The summed E-state index contributed by atoms with van der Waals surface area (Å²) in [5.74, 6) is 1.45. The maximum absolute atomic E-state index is 5.55. The maximum atomic E-state index is 5.55. The molecule has 4 rings (SSSR count). The van der Waals surface area contributed by atoms with E-state index in [1.54, 1.807) is 12.4 Å². The fraction of sp³-hybridized carbons (Fsp3) is 0.273. The van der Waals surface area contributed by atoms with Crippen molar-refractivity contribution in [3.8, 4) is 11.4 Å². The smallest absolute Gasteiger partial charge is 0.244 e. The first-order valence-electron chi connectivity index (χ1n) is 9.71. The minimum absolute atomic E-state index is 0.0458. The van der Waals surface area contributed by atoms with Gasteiger partial charge in [-0.25, -0.2) is 0 Å². The number of nitrogens with zero attached hydrogens (tertiary/aromatic N) is 5. The third-order valence-electron chi connectivity index (χ3n) is 4.71.